The largest absolute Gasteiger partial charge is 0.493 e. The first kappa shape index (κ1) is 17.0. The number of carboxylic acid groups (broad SMARTS) is 1. The van der Waals surface area contributed by atoms with Crippen LogP contribution in [0.3, 0.4) is 0 Å². The molecule has 7 nitrogen and oxygen atoms in total. The smallest absolute Gasteiger partial charge is 0.336 e. The number of hydrogen-bond acceptors (Lipinski definition) is 5. The van der Waals surface area contributed by atoms with Gasteiger partial charge in [0.25, 0.3) is 5.69 Å². The molecule has 1 N–H and O–H groups in total. The third kappa shape index (κ3) is 3.52. The van der Waals surface area contributed by atoms with E-state index < -0.39 is 10.9 Å². The Morgan fingerprint density at radius 3 is 2.38 bits per heavy atom. The normalized spacial score (nSPS) is 11.0. The zero-order valence-electron chi connectivity index (χ0n) is 13.1. The van der Waals surface area contributed by atoms with Gasteiger partial charge in [-0.2, -0.15) is 0 Å². The molecule has 0 atom stereocenters. The fourth-order valence-electron chi connectivity index (χ4n) is 2.20. The number of aliphatic carboxylic acids is 1. The summed E-state index contributed by atoms with van der Waals surface area (Å²) >= 11 is 0. The number of nitro benzene ring substituents is 1. The molecule has 0 saturated heterocycles. The maximum absolute atomic E-state index is 11.6. The predicted octanol–water partition coefficient (Wildman–Crippen LogP) is 3.24. The van der Waals surface area contributed by atoms with Crippen molar-refractivity contribution >= 4 is 23.3 Å². The quantitative estimate of drug-likeness (QED) is 0.378. The van der Waals surface area contributed by atoms with Crippen LogP contribution >= 0.6 is 0 Å². The topological polar surface area (TPSA) is 98.9 Å². The summed E-state index contributed by atoms with van der Waals surface area (Å²) in [6.45, 7) is 0. The molecule has 2 aromatic rings. The van der Waals surface area contributed by atoms with Crippen LogP contribution in [-0.2, 0) is 4.79 Å². The Balaban J connectivity index is 2.59. The first-order chi connectivity index (χ1) is 11.5. The number of methoxy groups -OCH3 is 2. The Hall–Kier alpha value is -3.35. The first-order valence-corrected chi connectivity index (χ1v) is 6.88. The van der Waals surface area contributed by atoms with Gasteiger partial charge in [-0.3, -0.25) is 10.1 Å². The van der Waals surface area contributed by atoms with E-state index in [2.05, 4.69) is 0 Å². The summed E-state index contributed by atoms with van der Waals surface area (Å²) in [5, 5.41) is 20.6. The van der Waals surface area contributed by atoms with Gasteiger partial charge in [0.05, 0.1) is 30.3 Å². The van der Waals surface area contributed by atoms with Crippen LogP contribution in [0, 0.1) is 10.1 Å². The minimum Gasteiger partial charge on any atom is -0.493 e. The number of ether oxygens (including phenoxy) is 2. The van der Waals surface area contributed by atoms with Gasteiger partial charge in [-0.1, -0.05) is 18.2 Å². The third-order valence-corrected chi connectivity index (χ3v) is 3.36. The Morgan fingerprint density at radius 2 is 1.79 bits per heavy atom. The molecule has 0 amide bonds. The molecule has 2 rings (SSSR count). The molecule has 0 aliphatic rings. The van der Waals surface area contributed by atoms with Gasteiger partial charge in [0, 0.05) is 6.07 Å². The van der Waals surface area contributed by atoms with Crippen LogP contribution in [-0.4, -0.2) is 30.2 Å². The number of hydrogen-bond donors (Lipinski definition) is 1. The van der Waals surface area contributed by atoms with Crippen LogP contribution in [0.25, 0.3) is 11.6 Å². The van der Waals surface area contributed by atoms with Gasteiger partial charge < -0.3 is 14.6 Å². The van der Waals surface area contributed by atoms with E-state index in [1.165, 1.54) is 44.6 Å². The Kier molecular flexibility index (Phi) is 5.16. The molecule has 24 heavy (non-hydrogen) atoms. The monoisotopic (exact) mass is 329 g/mol. The van der Waals surface area contributed by atoms with Crippen molar-refractivity contribution in [3.05, 3.63) is 63.7 Å². The van der Waals surface area contributed by atoms with Crippen molar-refractivity contribution in [1.29, 1.82) is 0 Å². The summed E-state index contributed by atoms with van der Waals surface area (Å²) < 4.78 is 10.3. The number of nitrogens with zero attached hydrogens (tertiary/aromatic N) is 1. The lowest BCUT2D eigenvalue weighted by Gasteiger charge is -2.10. The zero-order valence-corrected chi connectivity index (χ0v) is 13.1. The van der Waals surface area contributed by atoms with Gasteiger partial charge in [-0.15, -0.1) is 0 Å². The van der Waals surface area contributed by atoms with E-state index >= 15 is 0 Å². The fraction of sp³-hybridized carbons (Fsp3) is 0.118. The first-order valence-electron chi connectivity index (χ1n) is 6.88. The summed E-state index contributed by atoms with van der Waals surface area (Å²) in [6.07, 6.45) is 1.27. The number of carbonyl (C=O) groups is 1. The number of nitro groups is 1. The molecule has 0 saturated carbocycles. The highest BCUT2D eigenvalue weighted by atomic mass is 16.6. The van der Waals surface area contributed by atoms with Crippen LogP contribution in [0.2, 0.25) is 0 Å². The predicted molar refractivity (Wildman–Crippen MR) is 88.1 cm³/mol. The van der Waals surface area contributed by atoms with Crippen LogP contribution < -0.4 is 9.47 Å². The van der Waals surface area contributed by atoms with E-state index in [1.54, 1.807) is 18.2 Å². The molecule has 7 heteroatoms. The average Bonchev–Trinajstić information content (AvgIpc) is 2.59. The highest BCUT2D eigenvalue weighted by Gasteiger charge is 2.17. The third-order valence-electron chi connectivity index (χ3n) is 3.36. The molecule has 2 aromatic carbocycles. The van der Waals surface area contributed by atoms with Crippen molar-refractivity contribution in [2.24, 2.45) is 0 Å². The summed E-state index contributed by atoms with van der Waals surface area (Å²) in [5.74, 6) is -0.387. The second-order valence-electron chi connectivity index (χ2n) is 4.75. The lowest BCUT2D eigenvalue weighted by atomic mass is 10.0. The maximum Gasteiger partial charge on any atom is 0.336 e. The van der Waals surface area contributed by atoms with E-state index in [1.807, 2.05) is 0 Å². The van der Waals surface area contributed by atoms with Crippen molar-refractivity contribution in [2.45, 2.75) is 0 Å². The van der Waals surface area contributed by atoms with E-state index in [0.717, 1.165) is 0 Å². The molecule has 0 unspecified atom stereocenters. The van der Waals surface area contributed by atoms with Gasteiger partial charge in [-0.25, -0.2) is 4.79 Å². The van der Waals surface area contributed by atoms with Crippen LogP contribution in [0.1, 0.15) is 11.1 Å². The summed E-state index contributed by atoms with van der Waals surface area (Å²) in [7, 11) is 2.91. The molecule has 0 aromatic heterocycles. The van der Waals surface area contributed by atoms with Gasteiger partial charge in [0.1, 0.15) is 0 Å². The van der Waals surface area contributed by atoms with Crippen molar-refractivity contribution in [2.75, 3.05) is 14.2 Å². The summed E-state index contributed by atoms with van der Waals surface area (Å²) in [6, 6.07) is 10.6. The molecule has 0 spiro atoms. The number of rotatable bonds is 6. The highest BCUT2D eigenvalue weighted by Crippen LogP contribution is 2.32. The van der Waals surface area contributed by atoms with Crippen LogP contribution in [0.15, 0.2) is 42.5 Å². The molecule has 124 valence electrons. The highest BCUT2D eigenvalue weighted by molar-refractivity contribution is 6.21. The number of benzene rings is 2. The zero-order chi connectivity index (χ0) is 17.7. The summed E-state index contributed by atoms with van der Waals surface area (Å²) in [5.41, 5.74) is 0.287. The molecule has 0 aliphatic heterocycles. The fourth-order valence-corrected chi connectivity index (χ4v) is 2.20. The molecular weight excluding hydrogens is 314 g/mol. The Morgan fingerprint density at radius 1 is 1.12 bits per heavy atom. The second kappa shape index (κ2) is 7.28. The van der Waals surface area contributed by atoms with Crippen molar-refractivity contribution in [1.82, 2.24) is 0 Å². The maximum atomic E-state index is 11.6. The second-order valence-corrected chi connectivity index (χ2v) is 4.75. The van der Waals surface area contributed by atoms with Crippen molar-refractivity contribution < 1.29 is 24.3 Å². The lowest BCUT2D eigenvalue weighted by Crippen LogP contribution is -2.01. The van der Waals surface area contributed by atoms with E-state index in [0.29, 0.717) is 17.1 Å². The molecule has 0 fully saturated rings. The minimum absolute atomic E-state index is 0.0924. The molecule has 0 heterocycles. The minimum atomic E-state index is -1.21. The van der Waals surface area contributed by atoms with Gasteiger partial charge in [0.2, 0.25) is 0 Å². The standard InChI is InChI=1S/C17H15NO6/c1-23-15-8-7-11(10-16(15)24-2)13(17(19)20)9-12-5-3-4-6-14(12)18(21)22/h3-10H,1-2H3,(H,19,20)/b13-9-. The molecule has 0 bridgehead atoms. The van der Waals surface area contributed by atoms with Gasteiger partial charge in [-0.05, 0) is 29.8 Å². The van der Waals surface area contributed by atoms with E-state index in [9.17, 15) is 20.0 Å². The van der Waals surface area contributed by atoms with Crippen molar-refractivity contribution in [3.63, 3.8) is 0 Å². The molecule has 0 aliphatic carbocycles. The van der Waals surface area contributed by atoms with Crippen LogP contribution in [0.4, 0.5) is 5.69 Å². The number of para-hydroxylation sites is 1. The Labute approximate surface area is 137 Å². The van der Waals surface area contributed by atoms with Gasteiger partial charge >= 0.3 is 5.97 Å². The average molecular weight is 329 g/mol. The number of carboxylic acids is 1. The van der Waals surface area contributed by atoms with Crippen molar-refractivity contribution in [3.8, 4) is 11.5 Å². The van der Waals surface area contributed by atoms with Crippen LogP contribution in [0.5, 0.6) is 11.5 Å². The van der Waals surface area contributed by atoms with E-state index in [-0.39, 0.29) is 16.8 Å². The summed E-state index contributed by atoms with van der Waals surface area (Å²) in [4.78, 5) is 22.2. The van der Waals surface area contributed by atoms with E-state index in [4.69, 9.17) is 9.47 Å². The Bertz CT molecular complexity index is 812. The van der Waals surface area contributed by atoms with Gasteiger partial charge in [0.15, 0.2) is 11.5 Å². The SMILES string of the molecule is COc1ccc(/C(=C/c2ccccc2[N+](=O)[O-])C(=O)O)cc1OC. The molecule has 0 radical (unpaired) electrons. The molecular formula is C17H15NO6. The lowest BCUT2D eigenvalue weighted by molar-refractivity contribution is -0.385.